The van der Waals surface area contributed by atoms with Gasteiger partial charge in [-0.1, -0.05) is 80.4 Å². The Bertz CT molecular complexity index is 1410. The summed E-state index contributed by atoms with van der Waals surface area (Å²) in [6.45, 7) is 0. The molecule has 0 amide bonds. The van der Waals surface area contributed by atoms with Crippen LogP contribution in [-0.4, -0.2) is 0 Å². The van der Waals surface area contributed by atoms with Crippen molar-refractivity contribution in [1.29, 1.82) is 0 Å². The summed E-state index contributed by atoms with van der Waals surface area (Å²) in [5.41, 5.74) is 19.4. The zero-order valence-corrected chi connectivity index (χ0v) is 18.4. The third-order valence-corrected chi connectivity index (χ3v) is 6.52. The van der Waals surface area contributed by atoms with Crippen LogP contribution in [0.4, 0.5) is 11.4 Å². The Morgan fingerprint density at radius 3 is 1.97 bits per heavy atom. The molecular weight excluding hydrogens is 492 g/mol. The average molecular weight is 508 g/mol. The lowest BCUT2D eigenvalue weighted by molar-refractivity contribution is 0.672. The highest BCUT2D eigenvalue weighted by atomic mass is 79.9. The van der Waals surface area contributed by atoms with Gasteiger partial charge in [-0.15, -0.1) is 0 Å². The minimum Gasteiger partial charge on any atom is -0.452 e. The summed E-state index contributed by atoms with van der Waals surface area (Å²) in [4.78, 5) is 0. The lowest BCUT2D eigenvalue weighted by Crippen LogP contribution is -1.93. The summed E-state index contributed by atoms with van der Waals surface area (Å²) in [7, 11) is 0. The van der Waals surface area contributed by atoms with E-state index in [1.165, 1.54) is 0 Å². The maximum Gasteiger partial charge on any atom is 0.159 e. The van der Waals surface area contributed by atoms with Crippen molar-refractivity contribution in [2.75, 3.05) is 11.5 Å². The van der Waals surface area contributed by atoms with Crippen LogP contribution in [0.2, 0.25) is 0 Å². The van der Waals surface area contributed by atoms with E-state index in [9.17, 15) is 0 Å². The summed E-state index contributed by atoms with van der Waals surface area (Å²) in [5.74, 6) is 0. The van der Waals surface area contributed by atoms with E-state index >= 15 is 0 Å². The van der Waals surface area contributed by atoms with E-state index in [1.54, 1.807) is 0 Å². The van der Waals surface area contributed by atoms with Crippen LogP contribution in [0.25, 0.3) is 44.2 Å². The third-order valence-electron chi connectivity index (χ3n) is 5.13. The highest BCUT2D eigenvalue weighted by Gasteiger charge is 2.22. The number of rotatable bonds is 2. The van der Waals surface area contributed by atoms with Crippen LogP contribution in [0, 0.1) is 0 Å². The van der Waals surface area contributed by atoms with Crippen LogP contribution >= 0.6 is 31.9 Å². The molecule has 0 fully saturated rings. The quantitative estimate of drug-likeness (QED) is 0.241. The Morgan fingerprint density at radius 2 is 1.28 bits per heavy atom. The molecule has 0 atom stereocenters. The Morgan fingerprint density at radius 1 is 0.621 bits per heavy atom. The zero-order chi connectivity index (χ0) is 20.1. The van der Waals surface area contributed by atoms with Crippen molar-refractivity contribution >= 4 is 65.2 Å². The molecular formula is C24H16Br2N2O. The molecule has 0 saturated carbocycles. The van der Waals surface area contributed by atoms with Gasteiger partial charge >= 0.3 is 0 Å². The molecule has 0 radical (unpaired) electrons. The van der Waals surface area contributed by atoms with Crippen LogP contribution in [0.5, 0.6) is 0 Å². The van der Waals surface area contributed by atoms with Gasteiger partial charge in [-0.05, 0) is 41.0 Å². The Kier molecular flexibility index (Phi) is 4.37. The number of benzene rings is 4. The van der Waals surface area contributed by atoms with Gasteiger partial charge in [0.2, 0.25) is 0 Å². The van der Waals surface area contributed by atoms with Gasteiger partial charge in [0.25, 0.3) is 0 Å². The molecule has 1 heterocycles. The normalized spacial score (nSPS) is 11.4. The molecule has 142 valence electrons. The van der Waals surface area contributed by atoms with Crippen LogP contribution in [0.15, 0.2) is 86.2 Å². The van der Waals surface area contributed by atoms with Crippen LogP contribution in [0.3, 0.4) is 0 Å². The van der Waals surface area contributed by atoms with E-state index in [4.69, 9.17) is 15.9 Å². The van der Waals surface area contributed by atoms with Gasteiger partial charge in [0.1, 0.15) is 0 Å². The van der Waals surface area contributed by atoms with Gasteiger partial charge in [0.15, 0.2) is 11.2 Å². The largest absolute Gasteiger partial charge is 0.452 e. The second-order valence-electron chi connectivity index (χ2n) is 6.88. The fraction of sp³-hybridized carbons (Fsp3) is 0. The number of furan rings is 1. The SMILES string of the molecule is Nc1cccc2c1oc1c(N)cc(-c3ccccc3Br)c(-c3ccccc3Br)c12. The molecule has 0 unspecified atom stereocenters. The summed E-state index contributed by atoms with van der Waals surface area (Å²) in [5, 5.41) is 1.91. The first-order valence-electron chi connectivity index (χ1n) is 9.09. The molecule has 0 spiro atoms. The molecule has 5 rings (SSSR count). The number of nitrogens with two attached hydrogens (primary N) is 2. The summed E-state index contributed by atoms with van der Waals surface area (Å²) in [6, 6.07) is 24.1. The summed E-state index contributed by atoms with van der Waals surface area (Å²) < 4.78 is 8.16. The van der Waals surface area contributed by atoms with Gasteiger partial charge in [0.05, 0.1) is 11.4 Å². The Hall–Kier alpha value is -2.76. The lowest BCUT2D eigenvalue weighted by atomic mass is 9.90. The minimum absolute atomic E-state index is 0.581. The molecule has 0 aliphatic carbocycles. The highest BCUT2D eigenvalue weighted by Crippen LogP contribution is 2.48. The van der Waals surface area contributed by atoms with Crippen molar-refractivity contribution in [1.82, 2.24) is 0 Å². The van der Waals surface area contributed by atoms with Crippen molar-refractivity contribution in [2.45, 2.75) is 0 Å². The van der Waals surface area contributed by atoms with Gasteiger partial charge in [-0.2, -0.15) is 0 Å². The second kappa shape index (κ2) is 6.94. The predicted octanol–water partition coefficient (Wildman–Crippen LogP) is 7.61. The Balaban J connectivity index is 2.05. The molecule has 0 bridgehead atoms. The first-order valence-corrected chi connectivity index (χ1v) is 10.7. The smallest absolute Gasteiger partial charge is 0.159 e. The number of hydrogen-bond acceptors (Lipinski definition) is 3. The van der Waals surface area contributed by atoms with Crippen molar-refractivity contribution in [3.63, 3.8) is 0 Å². The molecule has 0 aliphatic heterocycles. The van der Waals surface area contributed by atoms with E-state index in [0.717, 1.165) is 42.0 Å². The minimum atomic E-state index is 0.581. The second-order valence-corrected chi connectivity index (χ2v) is 8.59. The maximum atomic E-state index is 6.48. The molecule has 4 aromatic carbocycles. The number of fused-ring (bicyclic) bond motifs is 3. The van der Waals surface area contributed by atoms with Gasteiger partial charge in [-0.3, -0.25) is 0 Å². The van der Waals surface area contributed by atoms with E-state index in [-0.39, 0.29) is 0 Å². The monoisotopic (exact) mass is 506 g/mol. The third kappa shape index (κ3) is 2.84. The maximum absolute atomic E-state index is 6.48. The summed E-state index contributed by atoms with van der Waals surface area (Å²) >= 11 is 7.43. The first-order chi connectivity index (χ1) is 14.1. The molecule has 5 aromatic rings. The molecule has 1 aromatic heterocycles. The molecule has 29 heavy (non-hydrogen) atoms. The van der Waals surface area contributed by atoms with Gasteiger partial charge < -0.3 is 15.9 Å². The van der Waals surface area contributed by atoms with E-state index in [2.05, 4.69) is 44.0 Å². The number of hydrogen-bond donors (Lipinski definition) is 2. The fourth-order valence-electron chi connectivity index (χ4n) is 3.86. The molecule has 4 N–H and O–H groups in total. The number of para-hydroxylation sites is 1. The van der Waals surface area contributed by atoms with Crippen molar-refractivity contribution in [3.8, 4) is 22.3 Å². The van der Waals surface area contributed by atoms with E-state index in [0.29, 0.717) is 22.5 Å². The zero-order valence-electron chi connectivity index (χ0n) is 15.2. The first kappa shape index (κ1) is 18.3. The number of nitrogen functional groups attached to an aromatic ring is 2. The van der Waals surface area contributed by atoms with Crippen molar-refractivity contribution in [3.05, 3.63) is 81.7 Å². The topological polar surface area (TPSA) is 65.2 Å². The molecule has 3 nitrogen and oxygen atoms in total. The fourth-order valence-corrected chi connectivity index (χ4v) is 4.84. The molecule has 0 saturated heterocycles. The average Bonchev–Trinajstić information content (AvgIpc) is 3.11. The molecule has 5 heteroatoms. The number of anilines is 2. The Labute approximate surface area is 184 Å². The van der Waals surface area contributed by atoms with Crippen LogP contribution in [0.1, 0.15) is 0 Å². The van der Waals surface area contributed by atoms with Gasteiger partial charge in [-0.25, -0.2) is 0 Å². The standard InChI is InChI=1S/C24H16Br2N2O/c25-17-9-3-1-6-13(17)16-12-20(28)24-22(15-8-5-11-19(27)23(15)29-24)21(16)14-7-2-4-10-18(14)26/h1-12H,27-28H2. The lowest BCUT2D eigenvalue weighted by Gasteiger charge is -2.16. The molecule has 0 aliphatic rings. The van der Waals surface area contributed by atoms with E-state index < -0.39 is 0 Å². The van der Waals surface area contributed by atoms with Crippen LogP contribution in [-0.2, 0) is 0 Å². The highest BCUT2D eigenvalue weighted by molar-refractivity contribution is 9.11. The summed E-state index contributed by atoms with van der Waals surface area (Å²) in [6.07, 6.45) is 0. The predicted molar refractivity (Wildman–Crippen MR) is 129 cm³/mol. The van der Waals surface area contributed by atoms with Gasteiger partial charge in [0, 0.05) is 25.3 Å². The van der Waals surface area contributed by atoms with Crippen molar-refractivity contribution < 1.29 is 4.42 Å². The van der Waals surface area contributed by atoms with Crippen molar-refractivity contribution in [2.24, 2.45) is 0 Å². The van der Waals surface area contributed by atoms with Crippen LogP contribution < -0.4 is 11.5 Å². The van der Waals surface area contributed by atoms with E-state index in [1.807, 2.05) is 60.7 Å². The number of halogens is 2.